The molecule has 0 radical (unpaired) electrons. The lowest BCUT2D eigenvalue weighted by Crippen LogP contribution is -2.36. The van der Waals surface area contributed by atoms with Crippen LogP contribution >= 0.6 is 0 Å². The second-order valence-electron chi connectivity index (χ2n) is 5.18. The minimum Gasteiger partial charge on any atom is -0.484 e. The zero-order valence-corrected chi connectivity index (χ0v) is 12.8. The van der Waals surface area contributed by atoms with Gasteiger partial charge in [0.15, 0.2) is 6.61 Å². The van der Waals surface area contributed by atoms with Gasteiger partial charge in [-0.1, -0.05) is 44.2 Å². The molecule has 21 heavy (non-hydrogen) atoms. The summed E-state index contributed by atoms with van der Waals surface area (Å²) in [5.41, 5.74) is 0. The Morgan fingerprint density at radius 3 is 2.33 bits per heavy atom. The zero-order chi connectivity index (χ0) is 15.1. The van der Waals surface area contributed by atoms with E-state index in [1.807, 2.05) is 41.3 Å². The molecule has 0 fully saturated rings. The van der Waals surface area contributed by atoms with Gasteiger partial charge >= 0.3 is 0 Å². The quantitative estimate of drug-likeness (QED) is 0.773. The fraction of sp³-hybridized carbons (Fsp3) is 0.389. The number of ether oxygens (including phenoxy) is 1. The lowest BCUT2D eigenvalue weighted by molar-refractivity contribution is -0.133. The van der Waals surface area contributed by atoms with Gasteiger partial charge in [-0.15, -0.1) is 0 Å². The summed E-state index contributed by atoms with van der Waals surface area (Å²) < 4.78 is 5.66. The molecule has 2 rings (SSSR count). The van der Waals surface area contributed by atoms with E-state index >= 15 is 0 Å². The minimum absolute atomic E-state index is 0.0619. The maximum atomic E-state index is 12.2. The van der Waals surface area contributed by atoms with Crippen LogP contribution in [0.3, 0.4) is 0 Å². The molecule has 112 valence electrons. The van der Waals surface area contributed by atoms with Gasteiger partial charge in [0, 0.05) is 13.1 Å². The normalized spacial score (nSPS) is 10.6. The minimum atomic E-state index is 0.0619. The van der Waals surface area contributed by atoms with Crippen LogP contribution in [0.2, 0.25) is 0 Å². The number of carbonyl (C=O) groups excluding carboxylic acids is 1. The van der Waals surface area contributed by atoms with Crippen LogP contribution in [0.15, 0.2) is 42.5 Å². The Kier molecular flexibility index (Phi) is 5.61. The van der Waals surface area contributed by atoms with Crippen molar-refractivity contribution >= 4 is 16.7 Å². The zero-order valence-electron chi connectivity index (χ0n) is 12.8. The molecule has 0 atom stereocenters. The first-order chi connectivity index (χ1) is 10.2. The molecule has 0 saturated carbocycles. The van der Waals surface area contributed by atoms with Gasteiger partial charge in [-0.3, -0.25) is 4.79 Å². The van der Waals surface area contributed by atoms with E-state index in [0.717, 1.165) is 37.1 Å². The molecule has 0 aliphatic carbocycles. The number of fused-ring (bicyclic) bond motifs is 1. The fourth-order valence-corrected chi connectivity index (χ4v) is 2.39. The first kappa shape index (κ1) is 15.4. The van der Waals surface area contributed by atoms with Crippen LogP contribution in [-0.4, -0.2) is 30.5 Å². The number of rotatable bonds is 7. The molecule has 2 aromatic rings. The highest BCUT2D eigenvalue weighted by molar-refractivity contribution is 5.84. The maximum absolute atomic E-state index is 12.2. The van der Waals surface area contributed by atoms with Gasteiger partial charge in [-0.2, -0.15) is 0 Å². The number of hydrogen-bond acceptors (Lipinski definition) is 2. The third-order valence-electron chi connectivity index (χ3n) is 3.42. The summed E-state index contributed by atoms with van der Waals surface area (Å²) >= 11 is 0. The van der Waals surface area contributed by atoms with E-state index in [0.29, 0.717) is 0 Å². The van der Waals surface area contributed by atoms with Crippen LogP contribution < -0.4 is 4.74 Å². The molecule has 0 bridgehead atoms. The molecule has 0 heterocycles. The molecule has 0 aromatic heterocycles. The Balaban J connectivity index is 1.98. The lowest BCUT2D eigenvalue weighted by atomic mass is 10.1. The van der Waals surface area contributed by atoms with Crippen molar-refractivity contribution in [2.24, 2.45) is 0 Å². The van der Waals surface area contributed by atoms with Gasteiger partial charge in [0.2, 0.25) is 0 Å². The monoisotopic (exact) mass is 285 g/mol. The number of carbonyl (C=O) groups is 1. The average molecular weight is 285 g/mol. The van der Waals surface area contributed by atoms with E-state index in [-0.39, 0.29) is 12.5 Å². The highest BCUT2D eigenvalue weighted by atomic mass is 16.5. The second-order valence-corrected chi connectivity index (χ2v) is 5.18. The summed E-state index contributed by atoms with van der Waals surface area (Å²) in [5, 5.41) is 2.30. The van der Waals surface area contributed by atoms with Crippen molar-refractivity contribution in [1.29, 1.82) is 0 Å². The Morgan fingerprint density at radius 1 is 1.00 bits per heavy atom. The third kappa shape index (κ3) is 4.22. The Hall–Kier alpha value is -2.03. The Bertz CT molecular complexity index is 589. The van der Waals surface area contributed by atoms with Gasteiger partial charge in [0.25, 0.3) is 5.91 Å². The molecule has 0 unspecified atom stereocenters. The summed E-state index contributed by atoms with van der Waals surface area (Å²) in [6.45, 7) is 5.88. The molecule has 0 aliphatic rings. The predicted molar refractivity (Wildman–Crippen MR) is 86.6 cm³/mol. The highest BCUT2D eigenvalue weighted by Crippen LogP contribution is 2.20. The van der Waals surface area contributed by atoms with Crippen LogP contribution in [0, 0.1) is 0 Å². The standard InChI is InChI=1S/C18H23NO2/c1-3-11-19(12-4-2)18(20)14-21-17-10-9-15-7-5-6-8-16(15)13-17/h5-10,13H,3-4,11-12,14H2,1-2H3. The first-order valence-electron chi connectivity index (χ1n) is 7.64. The number of benzene rings is 2. The van der Waals surface area contributed by atoms with Crippen molar-refractivity contribution < 1.29 is 9.53 Å². The summed E-state index contributed by atoms with van der Waals surface area (Å²) in [6.07, 6.45) is 1.95. The van der Waals surface area contributed by atoms with E-state index < -0.39 is 0 Å². The van der Waals surface area contributed by atoms with Gasteiger partial charge < -0.3 is 9.64 Å². The Morgan fingerprint density at radius 2 is 1.67 bits per heavy atom. The SMILES string of the molecule is CCCN(CCC)C(=O)COc1ccc2ccccc2c1. The largest absolute Gasteiger partial charge is 0.484 e. The summed E-state index contributed by atoms with van der Waals surface area (Å²) in [5.74, 6) is 0.807. The van der Waals surface area contributed by atoms with Gasteiger partial charge in [0.05, 0.1) is 0 Å². The molecular weight excluding hydrogens is 262 g/mol. The third-order valence-corrected chi connectivity index (χ3v) is 3.42. The Labute approximate surface area is 126 Å². The van der Waals surface area contributed by atoms with Gasteiger partial charge in [-0.25, -0.2) is 0 Å². The van der Waals surface area contributed by atoms with Crippen molar-refractivity contribution in [3.8, 4) is 5.75 Å². The van der Waals surface area contributed by atoms with E-state index in [4.69, 9.17) is 4.74 Å². The molecule has 0 spiro atoms. The average Bonchev–Trinajstić information content (AvgIpc) is 2.52. The molecule has 2 aromatic carbocycles. The molecule has 1 amide bonds. The maximum Gasteiger partial charge on any atom is 0.260 e. The molecule has 3 nitrogen and oxygen atoms in total. The molecule has 0 aliphatic heterocycles. The van der Waals surface area contributed by atoms with E-state index in [2.05, 4.69) is 19.9 Å². The van der Waals surface area contributed by atoms with Crippen LogP contribution in [-0.2, 0) is 4.79 Å². The summed E-state index contributed by atoms with van der Waals surface area (Å²) in [4.78, 5) is 14.0. The van der Waals surface area contributed by atoms with Crippen molar-refractivity contribution in [2.75, 3.05) is 19.7 Å². The summed E-state index contributed by atoms with van der Waals surface area (Å²) in [6, 6.07) is 14.0. The van der Waals surface area contributed by atoms with Crippen molar-refractivity contribution in [2.45, 2.75) is 26.7 Å². The van der Waals surface area contributed by atoms with Crippen LogP contribution in [0.25, 0.3) is 10.8 Å². The van der Waals surface area contributed by atoms with Gasteiger partial charge in [0.1, 0.15) is 5.75 Å². The van der Waals surface area contributed by atoms with E-state index in [1.165, 1.54) is 5.39 Å². The van der Waals surface area contributed by atoms with Gasteiger partial charge in [-0.05, 0) is 35.7 Å². The second kappa shape index (κ2) is 7.67. The topological polar surface area (TPSA) is 29.5 Å². The van der Waals surface area contributed by atoms with Crippen LogP contribution in [0.1, 0.15) is 26.7 Å². The number of hydrogen-bond donors (Lipinski definition) is 0. The van der Waals surface area contributed by atoms with E-state index in [1.54, 1.807) is 0 Å². The molecule has 0 saturated heterocycles. The molecule has 3 heteroatoms. The molecular formula is C18H23NO2. The lowest BCUT2D eigenvalue weighted by Gasteiger charge is -2.21. The fourth-order valence-electron chi connectivity index (χ4n) is 2.39. The highest BCUT2D eigenvalue weighted by Gasteiger charge is 2.12. The van der Waals surface area contributed by atoms with Crippen molar-refractivity contribution in [1.82, 2.24) is 4.90 Å². The predicted octanol–water partition coefficient (Wildman–Crippen LogP) is 3.87. The van der Waals surface area contributed by atoms with Crippen molar-refractivity contribution in [3.05, 3.63) is 42.5 Å². The van der Waals surface area contributed by atoms with Crippen molar-refractivity contribution in [3.63, 3.8) is 0 Å². The smallest absolute Gasteiger partial charge is 0.260 e. The number of nitrogens with zero attached hydrogens (tertiary/aromatic N) is 1. The molecule has 0 N–H and O–H groups in total. The van der Waals surface area contributed by atoms with Crippen LogP contribution in [0.5, 0.6) is 5.75 Å². The number of amides is 1. The van der Waals surface area contributed by atoms with Crippen LogP contribution in [0.4, 0.5) is 0 Å². The first-order valence-corrected chi connectivity index (χ1v) is 7.64. The summed E-state index contributed by atoms with van der Waals surface area (Å²) in [7, 11) is 0. The van der Waals surface area contributed by atoms with E-state index in [9.17, 15) is 4.79 Å².